The summed E-state index contributed by atoms with van der Waals surface area (Å²) in [6.07, 6.45) is 5.99. The van der Waals surface area contributed by atoms with Crippen molar-refractivity contribution in [1.82, 2.24) is 14.1 Å². The van der Waals surface area contributed by atoms with Gasteiger partial charge in [0.05, 0.1) is 29.3 Å². The zero-order chi connectivity index (χ0) is 26.8. The van der Waals surface area contributed by atoms with Gasteiger partial charge in [-0.05, 0) is 38.8 Å². The second-order valence-electron chi connectivity index (χ2n) is 10.1. The maximum Gasteiger partial charge on any atom is 0.316 e. The molecule has 1 saturated carbocycles. The third-order valence-corrected chi connectivity index (χ3v) is 9.42. The fraction of sp³-hybridized carbons (Fsp3) is 0.600. The Kier molecular flexibility index (Phi) is 8.20. The number of hydrogen-bond acceptors (Lipinski definition) is 7. The van der Waals surface area contributed by atoms with Crippen LogP contribution in [0.2, 0.25) is 0 Å². The van der Waals surface area contributed by atoms with E-state index in [1.807, 2.05) is 4.90 Å². The highest BCUT2D eigenvalue weighted by molar-refractivity contribution is 7.89. The molecule has 12 heteroatoms. The first kappa shape index (κ1) is 27.5. The van der Waals surface area contributed by atoms with E-state index in [4.69, 9.17) is 4.74 Å². The van der Waals surface area contributed by atoms with Gasteiger partial charge in [0, 0.05) is 38.7 Å². The van der Waals surface area contributed by atoms with E-state index in [-0.39, 0.29) is 31.1 Å². The van der Waals surface area contributed by atoms with Gasteiger partial charge >= 0.3 is 5.56 Å². The standard InChI is InChI=1S/C25H34F2N4O5S/c1-18(2)37(34,35)30-11-9-29(10-12-30)22-17-28-31(21-15-19(26)14-20(27)16-21)24(32)23(22)36-13-8-25(33)6-4-3-5-7-25/h14-18,33H,3-13H2,1-2H3. The maximum atomic E-state index is 13.9. The molecule has 0 amide bonds. The first-order valence-corrected chi connectivity index (χ1v) is 14.2. The molecule has 2 fully saturated rings. The van der Waals surface area contributed by atoms with Crippen molar-refractivity contribution in [2.24, 2.45) is 0 Å². The summed E-state index contributed by atoms with van der Waals surface area (Å²) >= 11 is 0. The summed E-state index contributed by atoms with van der Waals surface area (Å²) in [5, 5.41) is 14.4. The molecule has 2 aromatic rings. The molecule has 204 valence electrons. The van der Waals surface area contributed by atoms with Crippen LogP contribution in [0.15, 0.2) is 29.2 Å². The Balaban J connectivity index is 1.62. The van der Waals surface area contributed by atoms with Crippen molar-refractivity contribution in [2.45, 2.75) is 63.2 Å². The van der Waals surface area contributed by atoms with E-state index in [1.54, 1.807) is 13.8 Å². The Morgan fingerprint density at radius 3 is 2.27 bits per heavy atom. The predicted molar refractivity (Wildman–Crippen MR) is 136 cm³/mol. The van der Waals surface area contributed by atoms with Gasteiger partial charge in [0.2, 0.25) is 15.8 Å². The zero-order valence-electron chi connectivity index (χ0n) is 21.2. The molecule has 0 spiro atoms. The van der Waals surface area contributed by atoms with Gasteiger partial charge in [-0.2, -0.15) is 14.1 Å². The average Bonchev–Trinajstić information content (AvgIpc) is 2.84. The lowest BCUT2D eigenvalue weighted by Crippen LogP contribution is -2.50. The van der Waals surface area contributed by atoms with E-state index in [9.17, 15) is 27.1 Å². The Morgan fingerprint density at radius 2 is 1.68 bits per heavy atom. The van der Waals surface area contributed by atoms with Crippen LogP contribution < -0.4 is 15.2 Å². The lowest BCUT2D eigenvalue weighted by Gasteiger charge is -2.36. The Bertz CT molecular complexity index is 1250. The molecule has 1 aliphatic heterocycles. The largest absolute Gasteiger partial charge is 0.486 e. The highest BCUT2D eigenvalue weighted by atomic mass is 32.2. The molecule has 1 aromatic carbocycles. The molecular formula is C25H34F2N4O5S. The van der Waals surface area contributed by atoms with Crippen LogP contribution in [-0.2, 0) is 10.0 Å². The predicted octanol–water partition coefficient (Wildman–Crippen LogP) is 2.84. The highest BCUT2D eigenvalue weighted by Crippen LogP contribution is 2.32. The lowest BCUT2D eigenvalue weighted by molar-refractivity contribution is -0.0137. The van der Waals surface area contributed by atoms with Crippen molar-refractivity contribution in [3.63, 3.8) is 0 Å². The molecule has 1 N–H and O–H groups in total. The van der Waals surface area contributed by atoms with Crippen molar-refractivity contribution in [3.8, 4) is 11.4 Å². The Labute approximate surface area is 215 Å². The van der Waals surface area contributed by atoms with Crippen LogP contribution in [0.25, 0.3) is 5.69 Å². The van der Waals surface area contributed by atoms with Gasteiger partial charge in [-0.1, -0.05) is 19.3 Å². The topological polar surface area (TPSA) is 105 Å². The molecule has 2 heterocycles. The molecular weight excluding hydrogens is 506 g/mol. The number of rotatable bonds is 8. The highest BCUT2D eigenvalue weighted by Gasteiger charge is 2.32. The van der Waals surface area contributed by atoms with Gasteiger partial charge in [0.1, 0.15) is 17.3 Å². The fourth-order valence-electron chi connectivity index (χ4n) is 4.92. The summed E-state index contributed by atoms with van der Waals surface area (Å²) in [4.78, 5) is 15.3. The molecule has 9 nitrogen and oxygen atoms in total. The van der Waals surface area contributed by atoms with Crippen molar-refractivity contribution in [3.05, 3.63) is 46.4 Å². The zero-order valence-corrected chi connectivity index (χ0v) is 22.0. The van der Waals surface area contributed by atoms with Gasteiger partial charge < -0.3 is 14.7 Å². The SMILES string of the molecule is CC(C)S(=O)(=O)N1CCN(c2cnn(-c3cc(F)cc(F)c3)c(=O)c2OCCC2(O)CCCCC2)CC1. The number of piperazine rings is 1. The molecule has 1 saturated heterocycles. The normalized spacial score (nSPS) is 18.8. The van der Waals surface area contributed by atoms with Crippen molar-refractivity contribution >= 4 is 15.7 Å². The quantitative estimate of drug-likeness (QED) is 0.549. The van der Waals surface area contributed by atoms with Gasteiger partial charge in [-0.25, -0.2) is 17.2 Å². The molecule has 1 aliphatic carbocycles. The van der Waals surface area contributed by atoms with Crippen molar-refractivity contribution in [2.75, 3.05) is 37.7 Å². The van der Waals surface area contributed by atoms with Crippen LogP contribution in [0.1, 0.15) is 52.4 Å². The lowest BCUT2D eigenvalue weighted by atomic mass is 9.83. The maximum absolute atomic E-state index is 13.9. The van der Waals surface area contributed by atoms with Gasteiger partial charge in [0.25, 0.3) is 0 Å². The number of sulfonamides is 1. The molecule has 2 aliphatic rings. The molecule has 0 unspecified atom stereocenters. The van der Waals surface area contributed by atoms with Crippen LogP contribution in [0, 0.1) is 11.6 Å². The molecule has 37 heavy (non-hydrogen) atoms. The van der Waals surface area contributed by atoms with Crippen molar-refractivity contribution in [1.29, 1.82) is 0 Å². The number of aromatic nitrogens is 2. The number of benzene rings is 1. The summed E-state index contributed by atoms with van der Waals surface area (Å²) in [5.41, 5.74) is -1.27. The molecule has 1 aromatic heterocycles. The van der Waals surface area contributed by atoms with E-state index in [1.165, 1.54) is 10.5 Å². The summed E-state index contributed by atoms with van der Waals surface area (Å²) < 4.78 is 61.1. The van der Waals surface area contributed by atoms with Gasteiger partial charge in [0.15, 0.2) is 0 Å². The van der Waals surface area contributed by atoms with Crippen LogP contribution >= 0.6 is 0 Å². The van der Waals surface area contributed by atoms with E-state index >= 15 is 0 Å². The summed E-state index contributed by atoms with van der Waals surface area (Å²) in [6.45, 7) is 4.43. The van der Waals surface area contributed by atoms with E-state index in [2.05, 4.69) is 5.10 Å². The van der Waals surface area contributed by atoms with E-state index in [0.717, 1.165) is 36.1 Å². The fourth-order valence-corrected chi connectivity index (χ4v) is 6.19. The number of halogens is 2. The number of aliphatic hydroxyl groups is 1. The van der Waals surface area contributed by atoms with Crippen LogP contribution in [0.5, 0.6) is 5.75 Å². The minimum absolute atomic E-state index is 0.0563. The number of nitrogens with zero attached hydrogens (tertiary/aromatic N) is 4. The van der Waals surface area contributed by atoms with E-state index < -0.39 is 38.1 Å². The number of anilines is 1. The van der Waals surface area contributed by atoms with Crippen LogP contribution in [0.4, 0.5) is 14.5 Å². The minimum atomic E-state index is -3.41. The second kappa shape index (κ2) is 11.0. The summed E-state index contributed by atoms with van der Waals surface area (Å²) in [7, 11) is -3.41. The number of ether oxygens (including phenoxy) is 1. The van der Waals surface area contributed by atoms with Crippen LogP contribution in [0.3, 0.4) is 0 Å². The summed E-state index contributed by atoms with van der Waals surface area (Å²) in [5.74, 6) is -1.76. The first-order valence-electron chi connectivity index (χ1n) is 12.7. The summed E-state index contributed by atoms with van der Waals surface area (Å²) in [6, 6.07) is 2.71. The Hall–Kier alpha value is -2.57. The molecule has 0 radical (unpaired) electrons. The van der Waals surface area contributed by atoms with Gasteiger partial charge in [-0.3, -0.25) is 4.79 Å². The van der Waals surface area contributed by atoms with Gasteiger partial charge in [-0.15, -0.1) is 0 Å². The molecule has 4 rings (SSSR count). The van der Waals surface area contributed by atoms with E-state index in [0.29, 0.717) is 44.1 Å². The van der Waals surface area contributed by atoms with Crippen LogP contribution in [-0.4, -0.2) is 71.2 Å². The second-order valence-corrected chi connectivity index (χ2v) is 12.6. The molecule has 0 bridgehead atoms. The third kappa shape index (κ3) is 6.12. The third-order valence-electron chi connectivity index (χ3n) is 7.14. The smallest absolute Gasteiger partial charge is 0.316 e. The number of hydrogen-bond donors (Lipinski definition) is 1. The Morgan fingerprint density at radius 1 is 1.05 bits per heavy atom. The molecule has 0 atom stereocenters. The minimum Gasteiger partial charge on any atom is -0.486 e. The monoisotopic (exact) mass is 540 g/mol. The van der Waals surface area contributed by atoms with Crippen molar-refractivity contribution < 1.29 is 27.0 Å². The average molecular weight is 541 g/mol. The first-order chi connectivity index (χ1) is 17.5.